The lowest BCUT2D eigenvalue weighted by atomic mass is 10.0. The highest BCUT2D eigenvalue weighted by atomic mass is 35.5. The van der Waals surface area contributed by atoms with E-state index in [0.29, 0.717) is 17.2 Å². The van der Waals surface area contributed by atoms with Crippen molar-refractivity contribution in [1.82, 2.24) is 5.32 Å². The topological polar surface area (TPSA) is 75.6 Å². The zero-order chi connectivity index (χ0) is 16.9. The van der Waals surface area contributed by atoms with Gasteiger partial charge in [0.05, 0.1) is 5.02 Å². The molecule has 22 heavy (non-hydrogen) atoms. The van der Waals surface area contributed by atoms with Crippen LogP contribution >= 0.6 is 11.6 Å². The Labute approximate surface area is 135 Å². The zero-order valence-corrected chi connectivity index (χ0v) is 14.0. The Morgan fingerprint density at radius 2 is 1.91 bits per heavy atom. The van der Waals surface area contributed by atoms with Gasteiger partial charge in [-0.15, -0.1) is 0 Å². The molecular formula is C16H22ClNO4. The molecule has 0 fully saturated rings. The van der Waals surface area contributed by atoms with Gasteiger partial charge in [-0.25, -0.2) is 4.79 Å². The molecule has 1 aromatic carbocycles. The van der Waals surface area contributed by atoms with Gasteiger partial charge in [0.2, 0.25) is 0 Å². The lowest BCUT2D eigenvalue weighted by Gasteiger charge is -2.28. The fraction of sp³-hybridized carbons (Fsp3) is 0.500. The smallest absolute Gasteiger partial charge is 0.326 e. The lowest BCUT2D eigenvalue weighted by molar-refractivity contribution is -0.145. The van der Waals surface area contributed by atoms with Gasteiger partial charge in [-0.3, -0.25) is 4.79 Å². The summed E-state index contributed by atoms with van der Waals surface area (Å²) in [6.07, 6.45) is 0.350. The van der Waals surface area contributed by atoms with Crippen molar-refractivity contribution < 1.29 is 19.4 Å². The van der Waals surface area contributed by atoms with E-state index >= 15 is 0 Å². The number of rotatable bonds is 7. The summed E-state index contributed by atoms with van der Waals surface area (Å²) in [5, 5.41) is 12.1. The number of carbonyl (C=O) groups is 2. The highest BCUT2D eigenvalue weighted by Gasteiger charge is 2.34. The molecule has 1 atom stereocenters. The summed E-state index contributed by atoms with van der Waals surface area (Å²) in [5.41, 5.74) is -1.24. The Bertz CT molecular complexity index is 543. The van der Waals surface area contributed by atoms with E-state index in [1.165, 1.54) is 0 Å². The minimum Gasteiger partial charge on any atom is -0.480 e. The van der Waals surface area contributed by atoms with Gasteiger partial charge in [-0.1, -0.05) is 37.6 Å². The molecule has 0 saturated carbocycles. The summed E-state index contributed by atoms with van der Waals surface area (Å²) in [7, 11) is 0. The molecule has 1 unspecified atom stereocenters. The van der Waals surface area contributed by atoms with Crippen molar-refractivity contribution in [3.63, 3.8) is 0 Å². The van der Waals surface area contributed by atoms with Crippen LogP contribution in [0.25, 0.3) is 0 Å². The van der Waals surface area contributed by atoms with Crippen LogP contribution < -0.4 is 10.1 Å². The number of carboxylic acid groups (broad SMARTS) is 1. The SMILES string of the molecule is CC(C)CC(NC(=O)C(C)(C)Oc1ccccc1Cl)C(=O)O. The van der Waals surface area contributed by atoms with E-state index in [0.717, 1.165) is 0 Å². The Morgan fingerprint density at radius 1 is 1.32 bits per heavy atom. The average molecular weight is 328 g/mol. The Hall–Kier alpha value is -1.75. The fourth-order valence-corrected chi connectivity index (χ4v) is 2.05. The second kappa shape index (κ2) is 7.49. The first-order chi connectivity index (χ1) is 10.1. The standard InChI is InChI=1S/C16H22ClNO4/c1-10(2)9-12(14(19)20)18-15(21)16(3,4)22-13-8-6-5-7-11(13)17/h5-8,10,12H,9H2,1-4H3,(H,18,21)(H,19,20). The first kappa shape index (κ1) is 18.3. The van der Waals surface area contributed by atoms with Crippen LogP contribution in [0.5, 0.6) is 5.75 Å². The van der Waals surface area contributed by atoms with Crippen molar-refractivity contribution in [3.8, 4) is 5.75 Å². The maximum atomic E-state index is 12.3. The first-order valence-electron chi connectivity index (χ1n) is 7.10. The van der Waals surface area contributed by atoms with Crippen LogP contribution in [-0.4, -0.2) is 28.6 Å². The van der Waals surface area contributed by atoms with Crippen molar-refractivity contribution in [3.05, 3.63) is 29.3 Å². The highest BCUT2D eigenvalue weighted by molar-refractivity contribution is 6.32. The molecule has 1 aromatic rings. The number of para-hydroxylation sites is 1. The molecule has 0 aliphatic carbocycles. The molecule has 0 bridgehead atoms. The van der Waals surface area contributed by atoms with E-state index in [2.05, 4.69) is 5.32 Å². The third-order valence-corrected chi connectivity index (χ3v) is 3.37. The van der Waals surface area contributed by atoms with Gasteiger partial charge in [-0.2, -0.15) is 0 Å². The number of amides is 1. The summed E-state index contributed by atoms with van der Waals surface area (Å²) in [6, 6.07) is 5.87. The first-order valence-corrected chi connectivity index (χ1v) is 7.48. The second-order valence-corrected chi connectivity index (χ2v) is 6.44. The second-order valence-electron chi connectivity index (χ2n) is 6.04. The third-order valence-electron chi connectivity index (χ3n) is 3.06. The molecule has 5 nitrogen and oxygen atoms in total. The maximum absolute atomic E-state index is 12.3. The van der Waals surface area contributed by atoms with E-state index in [1.807, 2.05) is 13.8 Å². The van der Waals surface area contributed by atoms with Crippen LogP contribution in [0, 0.1) is 5.92 Å². The van der Waals surface area contributed by atoms with Crippen molar-refractivity contribution in [2.24, 2.45) is 5.92 Å². The van der Waals surface area contributed by atoms with Crippen LogP contribution in [0.1, 0.15) is 34.1 Å². The van der Waals surface area contributed by atoms with E-state index < -0.39 is 23.5 Å². The van der Waals surface area contributed by atoms with Gasteiger partial charge in [0.15, 0.2) is 5.60 Å². The Balaban J connectivity index is 2.81. The third kappa shape index (κ3) is 5.22. The largest absolute Gasteiger partial charge is 0.480 e. The van der Waals surface area contributed by atoms with E-state index in [1.54, 1.807) is 38.1 Å². The number of hydrogen-bond acceptors (Lipinski definition) is 3. The monoisotopic (exact) mass is 327 g/mol. The van der Waals surface area contributed by atoms with Crippen molar-refractivity contribution >= 4 is 23.5 Å². The van der Waals surface area contributed by atoms with Crippen LogP contribution in [0.15, 0.2) is 24.3 Å². The molecule has 0 aliphatic heterocycles. The van der Waals surface area contributed by atoms with Crippen LogP contribution in [0.2, 0.25) is 5.02 Å². The zero-order valence-electron chi connectivity index (χ0n) is 13.2. The van der Waals surface area contributed by atoms with Crippen LogP contribution in [0.3, 0.4) is 0 Å². The van der Waals surface area contributed by atoms with Crippen LogP contribution in [0.4, 0.5) is 0 Å². The normalized spacial score (nSPS) is 12.8. The molecule has 0 radical (unpaired) electrons. The molecule has 1 amide bonds. The van der Waals surface area contributed by atoms with Gasteiger partial charge in [-0.05, 0) is 38.3 Å². The maximum Gasteiger partial charge on any atom is 0.326 e. The van der Waals surface area contributed by atoms with E-state index in [9.17, 15) is 14.7 Å². The predicted octanol–water partition coefficient (Wildman–Crippen LogP) is 3.11. The number of aliphatic carboxylic acids is 1. The Kier molecular flexibility index (Phi) is 6.23. The van der Waals surface area contributed by atoms with Crippen molar-refractivity contribution in [2.75, 3.05) is 0 Å². The summed E-state index contributed by atoms with van der Waals surface area (Å²) < 4.78 is 5.64. The van der Waals surface area contributed by atoms with Crippen molar-refractivity contribution in [2.45, 2.75) is 45.8 Å². The minimum absolute atomic E-state index is 0.147. The van der Waals surface area contributed by atoms with Crippen molar-refractivity contribution in [1.29, 1.82) is 0 Å². The van der Waals surface area contributed by atoms with Gasteiger partial charge in [0, 0.05) is 0 Å². The molecule has 122 valence electrons. The minimum atomic E-state index is -1.24. The quantitative estimate of drug-likeness (QED) is 0.806. The lowest BCUT2D eigenvalue weighted by Crippen LogP contribution is -2.52. The van der Waals surface area contributed by atoms with Gasteiger partial charge < -0.3 is 15.2 Å². The van der Waals surface area contributed by atoms with Gasteiger partial charge in [0.25, 0.3) is 5.91 Å². The number of carbonyl (C=O) groups excluding carboxylic acids is 1. The van der Waals surface area contributed by atoms with Gasteiger partial charge >= 0.3 is 5.97 Å². The molecular weight excluding hydrogens is 306 g/mol. The summed E-state index contributed by atoms with van der Waals surface area (Å²) >= 11 is 6.01. The average Bonchev–Trinajstić information content (AvgIpc) is 2.39. The molecule has 0 aliphatic rings. The number of benzene rings is 1. The number of carboxylic acids is 1. The highest BCUT2D eigenvalue weighted by Crippen LogP contribution is 2.27. The summed E-state index contributed by atoms with van der Waals surface area (Å²) in [5.74, 6) is -1.04. The van der Waals surface area contributed by atoms with Gasteiger partial charge in [0.1, 0.15) is 11.8 Å². The molecule has 0 saturated heterocycles. The molecule has 0 aromatic heterocycles. The van der Waals surface area contributed by atoms with Crippen LogP contribution in [-0.2, 0) is 9.59 Å². The fourth-order valence-electron chi connectivity index (χ4n) is 1.87. The van der Waals surface area contributed by atoms with E-state index in [4.69, 9.17) is 16.3 Å². The van der Waals surface area contributed by atoms with E-state index in [-0.39, 0.29) is 5.92 Å². The number of hydrogen-bond donors (Lipinski definition) is 2. The molecule has 6 heteroatoms. The molecule has 0 spiro atoms. The summed E-state index contributed by atoms with van der Waals surface area (Å²) in [4.78, 5) is 23.6. The molecule has 1 rings (SSSR count). The predicted molar refractivity (Wildman–Crippen MR) is 85.2 cm³/mol. The molecule has 2 N–H and O–H groups in total. The number of nitrogens with one attached hydrogen (secondary N) is 1. The number of halogens is 1. The molecule has 0 heterocycles. The number of ether oxygens (including phenoxy) is 1. The Morgan fingerprint density at radius 3 is 2.41 bits per heavy atom. The summed E-state index contributed by atoms with van der Waals surface area (Å²) in [6.45, 7) is 6.93.